The van der Waals surface area contributed by atoms with Gasteiger partial charge in [0.15, 0.2) is 0 Å². The summed E-state index contributed by atoms with van der Waals surface area (Å²) >= 11 is 13.4. The molecule has 1 aromatic heterocycles. The number of hydrogen-bond donors (Lipinski definition) is 2. The molecule has 0 radical (unpaired) electrons. The van der Waals surface area contributed by atoms with Crippen LogP contribution in [0.1, 0.15) is 29.9 Å². The van der Waals surface area contributed by atoms with Crippen LogP contribution in [0.5, 0.6) is 0 Å². The van der Waals surface area contributed by atoms with E-state index >= 15 is 0 Å². The highest BCUT2D eigenvalue weighted by Gasteiger charge is 2.70. The zero-order valence-electron chi connectivity index (χ0n) is 19.2. The van der Waals surface area contributed by atoms with E-state index in [-0.39, 0.29) is 27.2 Å². The average molecular weight is 610 g/mol. The molecular weight excluding hydrogens is 595 g/mol. The summed E-state index contributed by atoms with van der Waals surface area (Å²) in [7, 11) is 0. The van der Waals surface area contributed by atoms with Crippen LogP contribution in [0.15, 0.2) is 41.6 Å². The van der Waals surface area contributed by atoms with Gasteiger partial charge in [0.25, 0.3) is 0 Å². The fraction of sp³-hybridized carbons (Fsp3) is 0.304. The number of tetrazole rings is 1. The van der Waals surface area contributed by atoms with Gasteiger partial charge < -0.3 is 10.4 Å². The summed E-state index contributed by atoms with van der Waals surface area (Å²) in [5.41, 5.74) is -3.92. The Morgan fingerprint density at radius 3 is 2.36 bits per heavy atom. The molecule has 1 aliphatic rings. The molecule has 206 valence electrons. The van der Waals surface area contributed by atoms with Crippen molar-refractivity contribution in [1.82, 2.24) is 20.2 Å². The molecule has 7 nitrogen and oxygen atoms in total. The highest BCUT2D eigenvalue weighted by Crippen LogP contribution is 2.43. The lowest BCUT2D eigenvalue weighted by molar-refractivity contribution is -0.343. The van der Waals surface area contributed by atoms with Gasteiger partial charge in [-0.1, -0.05) is 47.0 Å². The molecule has 3 aromatic rings. The van der Waals surface area contributed by atoms with Gasteiger partial charge in [-0.25, -0.2) is 0 Å². The highest BCUT2D eigenvalue weighted by atomic mass is 35.5. The van der Waals surface area contributed by atoms with Crippen molar-refractivity contribution < 1.29 is 36.2 Å². The number of nitrogens with one attached hydrogen (secondary N) is 1. The van der Waals surface area contributed by atoms with Crippen molar-refractivity contribution in [2.75, 3.05) is 11.1 Å². The maximum absolute atomic E-state index is 12.8. The minimum absolute atomic E-state index is 0.0213. The third kappa shape index (κ3) is 6.43. The second-order valence-electron chi connectivity index (χ2n) is 8.35. The van der Waals surface area contributed by atoms with E-state index in [0.717, 1.165) is 54.3 Å². The first-order valence-electron chi connectivity index (χ1n) is 10.9. The van der Waals surface area contributed by atoms with Crippen molar-refractivity contribution in [2.45, 2.75) is 41.9 Å². The summed E-state index contributed by atoms with van der Waals surface area (Å²) in [6.45, 7) is 0. The summed E-state index contributed by atoms with van der Waals surface area (Å²) in [6.07, 6.45) is -9.95. The summed E-state index contributed by atoms with van der Waals surface area (Å²) in [4.78, 5) is 12.5. The second kappa shape index (κ2) is 10.9. The predicted molar refractivity (Wildman–Crippen MR) is 131 cm³/mol. The molecule has 0 atom stereocenters. The SMILES string of the molecule is O=C(CSc1nnnn1-c1ccc(C2CC2)cc1Cl)Nc1ccc(C#CC(O)(C(F)(F)F)C(F)(F)F)cc1Cl. The number of aromatic nitrogens is 4. The van der Waals surface area contributed by atoms with Gasteiger partial charge in [-0.15, -0.1) is 5.10 Å². The van der Waals surface area contributed by atoms with E-state index in [9.17, 15) is 31.1 Å². The molecule has 2 aromatic carbocycles. The molecule has 0 bridgehead atoms. The molecule has 0 aliphatic heterocycles. The molecule has 4 rings (SSSR count). The highest BCUT2D eigenvalue weighted by molar-refractivity contribution is 7.99. The van der Waals surface area contributed by atoms with Gasteiger partial charge in [0, 0.05) is 5.56 Å². The Labute approximate surface area is 230 Å². The van der Waals surface area contributed by atoms with Crippen LogP contribution in [0.2, 0.25) is 10.0 Å². The van der Waals surface area contributed by atoms with Crippen molar-refractivity contribution >= 4 is 46.6 Å². The number of hydrogen-bond acceptors (Lipinski definition) is 6. The molecule has 0 saturated heterocycles. The Balaban J connectivity index is 1.41. The van der Waals surface area contributed by atoms with E-state index in [1.165, 1.54) is 4.68 Å². The largest absolute Gasteiger partial charge is 0.438 e. The van der Waals surface area contributed by atoms with Gasteiger partial charge in [0.1, 0.15) is 0 Å². The number of carbonyl (C=O) groups excluding carboxylic acids is 1. The van der Waals surface area contributed by atoms with Gasteiger partial charge in [0.05, 0.1) is 27.2 Å². The number of halogens is 8. The fourth-order valence-corrected chi connectivity index (χ4v) is 4.44. The molecule has 1 heterocycles. The minimum atomic E-state index is -6.08. The summed E-state index contributed by atoms with van der Waals surface area (Å²) in [5, 5.41) is 23.5. The Morgan fingerprint density at radius 2 is 1.77 bits per heavy atom. The van der Waals surface area contributed by atoms with Crippen molar-refractivity contribution in [1.29, 1.82) is 0 Å². The first kappa shape index (κ1) is 29.0. The van der Waals surface area contributed by atoms with Crippen molar-refractivity contribution in [3.05, 3.63) is 57.6 Å². The van der Waals surface area contributed by atoms with Crippen LogP contribution in [-0.2, 0) is 4.79 Å². The number of benzene rings is 2. The third-order valence-electron chi connectivity index (χ3n) is 5.47. The van der Waals surface area contributed by atoms with E-state index < -0.39 is 23.9 Å². The number of thioether (sulfide) groups is 1. The molecule has 0 spiro atoms. The van der Waals surface area contributed by atoms with Crippen molar-refractivity contribution in [3.63, 3.8) is 0 Å². The number of amides is 1. The van der Waals surface area contributed by atoms with Gasteiger partial charge >= 0.3 is 18.0 Å². The Kier molecular flexibility index (Phi) is 8.09. The summed E-state index contributed by atoms with van der Waals surface area (Å²) < 4.78 is 78.1. The molecule has 1 amide bonds. The van der Waals surface area contributed by atoms with E-state index in [1.807, 2.05) is 12.1 Å². The summed E-state index contributed by atoms with van der Waals surface area (Å²) in [6, 6.07) is 8.68. The standard InChI is InChI=1S/C23H15Cl2F6N5O2S/c24-15-9-12(7-8-21(38,22(26,27)28)23(29,30)31)1-5-17(15)32-19(37)11-39-20-33-34-35-36(20)18-6-4-14(10-16(18)25)13-2-3-13/h1,4-6,9-10,13,38H,2-3,11H2,(H,32,37). The van der Waals surface area contributed by atoms with Gasteiger partial charge in [-0.3, -0.25) is 4.79 Å². The topological polar surface area (TPSA) is 92.9 Å². The van der Waals surface area contributed by atoms with Gasteiger partial charge in [0.2, 0.25) is 11.1 Å². The van der Waals surface area contributed by atoms with Gasteiger partial charge in [-0.2, -0.15) is 31.0 Å². The maximum atomic E-state index is 12.8. The number of nitrogens with zero attached hydrogens (tertiary/aromatic N) is 4. The fourth-order valence-electron chi connectivity index (χ4n) is 3.26. The van der Waals surface area contributed by atoms with Crippen molar-refractivity contribution in [3.8, 4) is 17.5 Å². The van der Waals surface area contributed by atoms with Crippen LogP contribution >= 0.6 is 35.0 Å². The average Bonchev–Trinajstić information content (AvgIpc) is 3.59. The lowest BCUT2D eigenvalue weighted by atomic mass is 10.0. The number of alkyl halides is 6. The van der Waals surface area contributed by atoms with Crippen molar-refractivity contribution in [2.24, 2.45) is 0 Å². The van der Waals surface area contributed by atoms with E-state index in [4.69, 9.17) is 28.3 Å². The lowest BCUT2D eigenvalue weighted by Crippen LogP contribution is -2.55. The maximum Gasteiger partial charge on any atom is 0.438 e. The normalized spacial score (nSPS) is 14.1. The number of carbonyl (C=O) groups is 1. The molecule has 16 heteroatoms. The van der Waals surface area contributed by atoms with Gasteiger partial charge in [-0.05, 0) is 71.0 Å². The van der Waals surface area contributed by atoms with E-state index in [0.29, 0.717) is 16.6 Å². The van der Waals surface area contributed by atoms with Crippen LogP contribution in [0, 0.1) is 11.8 Å². The molecule has 1 aliphatic carbocycles. The minimum Gasteiger partial charge on any atom is -0.363 e. The third-order valence-corrected chi connectivity index (χ3v) is 7.01. The predicted octanol–water partition coefficient (Wildman–Crippen LogP) is 5.78. The number of anilines is 1. The first-order chi connectivity index (χ1) is 18.2. The quantitative estimate of drug-likeness (QED) is 0.209. The molecule has 39 heavy (non-hydrogen) atoms. The van der Waals surface area contributed by atoms with E-state index in [1.54, 1.807) is 12.0 Å². The number of rotatable bonds is 6. The van der Waals surface area contributed by atoms with Crippen LogP contribution in [0.25, 0.3) is 5.69 Å². The van der Waals surface area contributed by atoms with Crippen LogP contribution in [0.4, 0.5) is 32.0 Å². The molecule has 0 unspecified atom stereocenters. The monoisotopic (exact) mass is 609 g/mol. The zero-order chi connectivity index (χ0) is 28.6. The summed E-state index contributed by atoms with van der Waals surface area (Å²) in [5.74, 6) is 2.21. The van der Waals surface area contributed by atoms with E-state index in [2.05, 4.69) is 20.8 Å². The molecular formula is C23H15Cl2F6N5O2S. The zero-order valence-corrected chi connectivity index (χ0v) is 21.6. The molecule has 2 N–H and O–H groups in total. The smallest absolute Gasteiger partial charge is 0.363 e. The van der Waals surface area contributed by atoms with Crippen LogP contribution in [-0.4, -0.2) is 54.9 Å². The van der Waals surface area contributed by atoms with Crippen LogP contribution in [0.3, 0.4) is 0 Å². The first-order valence-corrected chi connectivity index (χ1v) is 12.6. The Morgan fingerprint density at radius 1 is 1.08 bits per heavy atom. The van der Waals surface area contributed by atoms with Crippen LogP contribution < -0.4 is 5.32 Å². The molecule has 1 fully saturated rings. The second-order valence-corrected chi connectivity index (χ2v) is 10.1. The Bertz CT molecular complexity index is 1450. The Hall–Kier alpha value is -2.99. The number of aliphatic hydroxyl groups is 1. The molecule has 1 saturated carbocycles. The lowest BCUT2D eigenvalue weighted by Gasteiger charge is -2.27.